The molecule has 0 aliphatic heterocycles. The summed E-state index contributed by atoms with van der Waals surface area (Å²) in [7, 11) is -3.66. The number of nitrogens with two attached hydrogens (primary N) is 1. The second-order valence-corrected chi connectivity index (χ2v) is 10.3. The Labute approximate surface area is 144 Å². The maximum absolute atomic E-state index is 12.7. The van der Waals surface area contributed by atoms with Crippen molar-refractivity contribution in [2.75, 3.05) is 13.1 Å². The molecular weight excluding hydrogens is 388 g/mol. The predicted octanol–water partition coefficient (Wildman–Crippen LogP) is 2.96. The molecule has 124 valence electrons. The third-order valence-corrected chi connectivity index (χ3v) is 7.92. The van der Waals surface area contributed by atoms with Crippen molar-refractivity contribution in [3.05, 3.63) is 15.9 Å². The zero-order valence-corrected chi connectivity index (χ0v) is 15.6. The van der Waals surface area contributed by atoms with Gasteiger partial charge in [-0.05, 0) is 40.4 Å². The largest absolute Gasteiger partial charge is 0.369 e. The van der Waals surface area contributed by atoms with Crippen LogP contribution in [0.5, 0.6) is 0 Å². The molecule has 2 rings (SSSR count). The molecule has 1 amide bonds. The molecule has 1 heterocycles. The van der Waals surface area contributed by atoms with Gasteiger partial charge >= 0.3 is 0 Å². The SMILES string of the molecule is NC(=O)CN(CCC1CCCCC1)S(=O)(=O)c1ccc(Br)s1. The number of hydrogen-bond acceptors (Lipinski definition) is 4. The van der Waals surface area contributed by atoms with Crippen LogP contribution in [0.25, 0.3) is 0 Å². The van der Waals surface area contributed by atoms with Crippen LogP contribution in [0.2, 0.25) is 0 Å². The first-order valence-corrected chi connectivity index (χ1v) is 10.5. The average molecular weight is 409 g/mol. The number of nitrogens with zero attached hydrogens (tertiary/aromatic N) is 1. The summed E-state index contributed by atoms with van der Waals surface area (Å²) in [6.07, 6.45) is 6.78. The Bertz CT molecular complexity index is 609. The zero-order valence-electron chi connectivity index (χ0n) is 12.3. The van der Waals surface area contributed by atoms with Gasteiger partial charge in [0, 0.05) is 6.54 Å². The summed E-state index contributed by atoms with van der Waals surface area (Å²) in [5.74, 6) is -0.0720. The Morgan fingerprint density at radius 3 is 2.55 bits per heavy atom. The van der Waals surface area contributed by atoms with Gasteiger partial charge in [0.15, 0.2) is 0 Å². The van der Waals surface area contributed by atoms with Gasteiger partial charge in [-0.2, -0.15) is 4.31 Å². The zero-order chi connectivity index (χ0) is 16.2. The number of halogens is 1. The van der Waals surface area contributed by atoms with Crippen LogP contribution in [0, 0.1) is 5.92 Å². The minimum absolute atomic E-state index is 0.240. The molecule has 1 aromatic rings. The fourth-order valence-electron chi connectivity index (χ4n) is 2.82. The van der Waals surface area contributed by atoms with Gasteiger partial charge in [0.2, 0.25) is 5.91 Å². The van der Waals surface area contributed by atoms with E-state index in [-0.39, 0.29) is 10.8 Å². The van der Waals surface area contributed by atoms with Crippen molar-refractivity contribution >= 4 is 43.2 Å². The molecular formula is C14H21BrN2O3S2. The topological polar surface area (TPSA) is 80.5 Å². The van der Waals surface area contributed by atoms with E-state index in [4.69, 9.17) is 5.73 Å². The highest BCUT2D eigenvalue weighted by Gasteiger charge is 2.28. The quantitative estimate of drug-likeness (QED) is 0.752. The van der Waals surface area contributed by atoms with Gasteiger partial charge in [-0.1, -0.05) is 32.1 Å². The number of thiophene rings is 1. The van der Waals surface area contributed by atoms with Crippen LogP contribution in [0.4, 0.5) is 0 Å². The van der Waals surface area contributed by atoms with Crippen molar-refractivity contribution in [3.63, 3.8) is 0 Å². The lowest BCUT2D eigenvalue weighted by Crippen LogP contribution is -2.39. The van der Waals surface area contributed by atoms with E-state index < -0.39 is 15.9 Å². The fraction of sp³-hybridized carbons (Fsp3) is 0.643. The number of rotatable bonds is 7. The van der Waals surface area contributed by atoms with Crippen molar-refractivity contribution in [1.29, 1.82) is 0 Å². The molecule has 1 saturated carbocycles. The number of primary amides is 1. The van der Waals surface area contributed by atoms with Gasteiger partial charge in [0.05, 0.1) is 10.3 Å². The number of sulfonamides is 1. The van der Waals surface area contributed by atoms with Crippen molar-refractivity contribution < 1.29 is 13.2 Å². The van der Waals surface area contributed by atoms with E-state index in [1.807, 2.05) is 0 Å². The maximum atomic E-state index is 12.7. The van der Waals surface area contributed by atoms with Crippen LogP contribution >= 0.6 is 27.3 Å². The lowest BCUT2D eigenvalue weighted by Gasteiger charge is -2.25. The Morgan fingerprint density at radius 2 is 2.00 bits per heavy atom. The molecule has 1 aliphatic carbocycles. The molecule has 2 N–H and O–H groups in total. The highest BCUT2D eigenvalue weighted by molar-refractivity contribution is 9.11. The number of carbonyl (C=O) groups excluding carboxylic acids is 1. The summed E-state index contributed by atoms with van der Waals surface area (Å²) in [6, 6.07) is 3.25. The Morgan fingerprint density at radius 1 is 1.32 bits per heavy atom. The Hall–Kier alpha value is -0.440. The smallest absolute Gasteiger partial charge is 0.253 e. The van der Waals surface area contributed by atoms with E-state index in [0.717, 1.165) is 34.4 Å². The second kappa shape index (κ2) is 7.90. The third kappa shape index (κ3) is 4.78. The summed E-state index contributed by atoms with van der Waals surface area (Å²) in [5, 5.41) is 0. The molecule has 22 heavy (non-hydrogen) atoms. The van der Waals surface area contributed by atoms with E-state index in [9.17, 15) is 13.2 Å². The van der Waals surface area contributed by atoms with E-state index in [1.165, 1.54) is 23.6 Å². The van der Waals surface area contributed by atoms with Gasteiger partial charge in [-0.15, -0.1) is 11.3 Å². The summed E-state index contributed by atoms with van der Waals surface area (Å²) in [4.78, 5) is 11.3. The van der Waals surface area contributed by atoms with Crippen LogP contribution in [0.15, 0.2) is 20.1 Å². The molecule has 1 fully saturated rings. The molecule has 0 saturated heterocycles. The first-order chi connectivity index (χ1) is 10.4. The lowest BCUT2D eigenvalue weighted by atomic mass is 9.87. The molecule has 5 nitrogen and oxygen atoms in total. The number of hydrogen-bond donors (Lipinski definition) is 1. The first-order valence-electron chi connectivity index (χ1n) is 7.43. The van der Waals surface area contributed by atoms with Gasteiger partial charge in [-0.25, -0.2) is 8.42 Å². The molecule has 0 radical (unpaired) electrons. The summed E-state index contributed by atoms with van der Waals surface area (Å²) < 4.78 is 27.5. The molecule has 1 aliphatic rings. The van der Waals surface area contributed by atoms with Crippen LogP contribution in [-0.4, -0.2) is 31.7 Å². The molecule has 0 unspecified atom stereocenters. The highest BCUT2D eigenvalue weighted by atomic mass is 79.9. The van der Waals surface area contributed by atoms with Crippen molar-refractivity contribution in [2.45, 2.75) is 42.7 Å². The minimum atomic E-state index is -3.66. The van der Waals surface area contributed by atoms with E-state index in [1.54, 1.807) is 12.1 Å². The molecule has 0 aromatic carbocycles. The number of amides is 1. The van der Waals surface area contributed by atoms with E-state index in [2.05, 4.69) is 15.9 Å². The lowest BCUT2D eigenvalue weighted by molar-refractivity contribution is -0.118. The van der Waals surface area contributed by atoms with Crippen molar-refractivity contribution in [3.8, 4) is 0 Å². The average Bonchev–Trinajstić information content (AvgIpc) is 2.91. The van der Waals surface area contributed by atoms with Crippen LogP contribution < -0.4 is 5.73 Å². The van der Waals surface area contributed by atoms with Crippen molar-refractivity contribution in [2.24, 2.45) is 11.7 Å². The summed E-state index contributed by atoms with van der Waals surface area (Å²) in [5.41, 5.74) is 5.23. The standard InChI is InChI=1S/C14H21BrN2O3S2/c15-12-6-7-14(21-12)22(19,20)17(10-13(16)18)9-8-11-4-2-1-3-5-11/h6-7,11H,1-5,8-10H2,(H2,16,18). The molecule has 8 heteroatoms. The molecule has 0 bridgehead atoms. The second-order valence-electron chi connectivity index (χ2n) is 5.66. The van der Waals surface area contributed by atoms with Crippen LogP contribution in [0.3, 0.4) is 0 Å². The molecule has 1 aromatic heterocycles. The normalized spacial score (nSPS) is 17.0. The monoisotopic (exact) mass is 408 g/mol. The van der Waals surface area contributed by atoms with E-state index >= 15 is 0 Å². The van der Waals surface area contributed by atoms with Crippen molar-refractivity contribution in [1.82, 2.24) is 4.31 Å². The van der Waals surface area contributed by atoms with Gasteiger partial charge < -0.3 is 5.73 Å². The summed E-state index contributed by atoms with van der Waals surface area (Å²) >= 11 is 4.42. The first kappa shape index (κ1) is 17.9. The summed E-state index contributed by atoms with van der Waals surface area (Å²) in [6.45, 7) is 0.0933. The van der Waals surface area contributed by atoms with Crippen LogP contribution in [-0.2, 0) is 14.8 Å². The van der Waals surface area contributed by atoms with Gasteiger partial charge in [0.1, 0.15) is 4.21 Å². The molecule has 0 atom stereocenters. The maximum Gasteiger partial charge on any atom is 0.253 e. The third-order valence-electron chi connectivity index (χ3n) is 3.99. The Balaban J connectivity index is 2.09. The minimum Gasteiger partial charge on any atom is -0.369 e. The highest BCUT2D eigenvalue weighted by Crippen LogP contribution is 2.30. The Kier molecular flexibility index (Phi) is 6.43. The van der Waals surface area contributed by atoms with Gasteiger partial charge in [-0.3, -0.25) is 4.79 Å². The van der Waals surface area contributed by atoms with Gasteiger partial charge in [0.25, 0.3) is 10.0 Å². The number of carbonyl (C=O) groups is 1. The van der Waals surface area contributed by atoms with Crippen LogP contribution in [0.1, 0.15) is 38.5 Å². The van der Waals surface area contributed by atoms with E-state index in [0.29, 0.717) is 12.5 Å². The molecule has 0 spiro atoms. The predicted molar refractivity (Wildman–Crippen MR) is 91.2 cm³/mol. The fourth-order valence-corrected chi connectivity index (χ4v) is 6.41.